The topological polar surface area (TPSA) is 72.5 Å². The van der Waals surface area contributed by atoms with E-state index in [0.717, 1.165) is 10.8 Å². The summed E-state index contributed by atoms with van der Waals surface area (Å²) in [6.45, 7) is -0.120. The van der Waals surface area contributed by atoms with Crippen molar-refractivity contribution >= 4 is 26.5 Å². The minimum absolute atomic E-state index is 0.0208. The summed E-state index contributed by atoms with van der Waals surface area (Å²) >= 11 is 0. The van der Waals surface area contributed by atoms with Crippen LogP contribution in [0.2, 0.25) is 0 Å². The van der Waals surface area contributed by atoms with Crippen LogP contribution in [0.4, 0.5) is 0 Å². The highest BCUT2D eigenvalue weighted by Gasteiger charge is 2.28. The van der Waals surface area contributed by atoms with Crippen LogP contribution in [0.15, 0.2) is 42.5 Å². The summed E-state index contributed by atoms with van der Waals surface area (Å²) in [7, 11) is -2.99. The SMILES string of the molecule is O=C(COc1cccc2ccccc12)N[C@H]1CCS(=O)(=O)C1. The molecule has 1 fully saturated rings. The monoisotopic (exact) mass is 319 g/mol. The molecule has 0 aromatic heterocycles. The minimum atomic E-state index is -2.99. The number of sulfone groups is 1. The van der Waals surface area contributed by atoms with E-state index >= 15 is 0 Å². The molecule has 116 valence electrons. The van der Waals surface area contributed by atoms with Gasteiger partial charge in [0.1, 0.15) is 5.75 Å². The van der Waals surface area contributed by atoms with Crippen LogP contribution < -0.4 is 10.1 Å². The Morgan fingerprint density at radius 2 is 1.95 bits per heavy atom. The zero-order valence-corrected chi connectivity index (χ0v) is 12.8. The molecule has 1 aliphatic heterocycles. The molecule has 1 amide bonds. The molecular weight excluding hydrogens is 302 g/mol. The Hall–Kier alpha value is -2.08. The van der Waals surface area contributed by atoms with E-state index in [-0.39, 0.29) is 30.1 Å². The average molecular weight is 319 g/mol. The highest BCUT2D eigenvalue weighted by molar-refractivity contribution is 7.91. The fourth-order valence-corrected chi connectivity index (χ4v) is 4.32. The second-order valence-corrected chi connectivity index (χ2v) is 7.66. The van der Waals surface area contributed by atoms with E-state index in [1.165, 1.54) is 0 Å². The number of carbonyl (C=O) groups excluding carboxylic acids is 1. The summed E-state index contributed by atoms with van der Waals surface area (Å²) in [5.41, 5.74) is 0. The van der Waals surface area contributed by atoms with Crippen LogP contribution in [0, 0.1) is 0 Å². The van der Waals surface area contributed by atoms with E-state index in [4.69, 9.17) is 4.74 Å². The number of hydrogen-bond acceptors (Lipinski definition) is 4. The maximum Gasteiger partial charge on any atom is 0.258 e. The first-order valence-electron chi connectivity index (χ1n) is 7.14. The van der Waals surface area contributed by atoms with E-state index in [1.807, 2.05) is 42.5 Å². The second-order valence-electron chi connectivity index (χ2n) is 5.43. The van der Waals surface area contributed by atoms with Crippen molar-refractivity contribution < 1.29 is 17.9 Å². The molecule has 0 spiro atoms. The number of rotatable bonds is 4. The molecule has 0 saturated carbocycles. The average Bonchev–Trinajstić information content (AvgIpc) is 2.84. The van der Waals surface area contributed by atoms with Crippen LogP contribution in [-0.2, 0) is 14.6 Å². The largest absolute Gasteiger partial charge is 0.483 e. The Morgan fingerprint density at radius 1 is 1.18 bits per heavy atom. The van der Waals surface area contributed by atoms with Crippen molar-refractivity contribution in [2.24, 2.45) is 0 Å². The number of benzene rings is 2. The molecule has 2 aromatic carbocycles. The van der Waals surface area contributed by atoms with E-state index in [1.54, 1.807) is 0 Å². The molecule has 1 aliphatic rings. The lowest BCUT2D eigenvalue weighted by Gasteiger charge is -2.12. The van der Waals surface area contributed by atoms with E-state index in [9.17, 15) is 13.2 Å². The van der Waals surface area contributed by atoms with Crippen LogP contribution in [0.3, 0.4) is 0 Å². The molecule has 1 saturated heterocycles. The van der Waals surface area contributed by atoms with Crippen molar-refractivity contribution in [1.29, 1.82) is 0 Å². The third kappa shape index (κ3) is 3.39. The number of hydrogen-bond donors (Lipinski definition) is 1. The van der Waals surface area contributed by atoms with Gasteiger partial charge in [-0.25, -0.2) is 8.42 Å². The van der Waals surface area contributed by atoms with Crippen molar-refractivity contribution in [2.45, 2.75) is 12.5 Å². The molecular formula is C16H17NO4S. The van der Waals surface area contributed by atoms with Crippen molar-refractivity contribution in [1.82, 2.24) is 5.32 Å². The maximum atomic E-state index is 11.9. The number of ether oxygens (including phenoxy) is 1. The third-order valence-corrected chi connectivity index (χ3v) is 5.47. The number of fused-ring (bicyclic) bond motifs is 1. The summed E-state index contributed by atoms with van der Waals surface area (Å²) in [6.07, 6.45) is 0.475. The zero-order valence-electron chi connectivity index (χ0n) is 12.0. The number of amides is 1. The highest BCUT2D eigenvalue weighted by atomic mass is 32.2. The van der Waals surface area contributed by atoms with Gasteiger partial charge in [0.25, 0.3) is 5.91 Å². The lowest BCUT2D eigenvalue weighted by atomic mass is 10.1. The summed E-state index contributed by atoms with van der Waals surface area (Å²) in [5.74, 6) is 0.511. The summed E-state index contributed by atoms with van der Waals surface area (Å²) in [5, 5.41) is 4.70. The Bertz CT molecular complexity index is 795. The lowest BCUT2D eigenvalue weighted by molar-refractivity contribution is -0.123. The second kappa shape index (κ2) is 5.96. The zero-order chi connectivity index (χ0) is 15.6. The molecule has 5 nitrogen and oxygen atoms in total. The van der Waals surface area contributed by atoms with Crippen LogP contribution >= 0.6 is 0 Å². The fraction of sp³-hybridized carbons (Fsp3) is 0.312. The number of carbonyl (C=O) groups is 1. The minimum Gasteiger partial charge on any atom is -0.483 e. The van der Waals surface area contributed by atoms with Gasteiger partial charge in [0, 0.05) is 11.4 Å². The smallest absolute Gasteiger partial charge is 0.258 e. The van der Waals surface area contributed by atoms with Crippen molar-refractivity contribution in [2.75, 3.05) is 18.1 Å². The molecule has 1 N–H and O–H groups in total. The van der Waals surface area contributed by atoms with Gasteiger partial charge in [0.05, 0.1) is 11.5 Å². The van der Waals surface area contributed by atoms with Gasteiger partial charge in [0.15, 0.2) is 16.4 Å². The van der Waals surface area contributed by atoms with Crippen molar-refractivity contribution in [3.05, 3.63) is 42.5 Å². The predicted molar refractivity (Wildman–Crippen MR) is 84.6 cm³/mol. The fourth-order valence-electron chi connectivity index (χ4n) is 2.64. The maximum absolute atomic E-state index is 11.9. The van der Waals surface area contributed by atoms with Gasteiger partial charge >= 0.3 is 0 Å². The molecule has 3 rings (SSSR count). The molecule has 2 aromatic rings. The van der Waals surface area contributed by atoms with Gasteiger partial charge < -0.3 is 10.1 Å². The van der Waals surface area contributed by atoms with Crippen LogP contribution in [0.25, 0.3) is 10.8 Å². The molecule has 6 heteroatoms. The molecule has 22 heavy (non-hydrogen) atoms. The Morgan fingerprint density at radius 3 is 2.73 bits per heavy atom. The summed E-state index contributed by atoms with van der Waals surface area (Å²) in [6, 6.07) is 13.1. The molecule has 0 bridgehead atoms. The van der Waals surface area contributed by atoms with Crippen molar-refractivity contribution in [3.8, 4) is 5.75 Å². The lowest BCUT2D eigenvalue weighted by Crippen LogP contribution is -2.38. The van der Waals surface area contributed by atoms with Gasteiger partial charge in [0.2, 0.25) is 0 Å². The quantitative estimate of drug-likeness (QED) is 0.927. The van der Waals surface area contributed by atoms with Crippen LogP contribution in [0.1, 0.15) is 6.42 Å². The van der Waals surface area contributed by atoms with Crippen molar-refractivity contribution in [3.63, 3.8) is 0 Å². The first kappa shape index (κ1) is 14.8. The molecule has 0 unspecified atom stereocenters. The molecule has 0 aliphatic carbocycles. The van der Waals surface area contributed by atoms with Gasteiger partial charge in [-0.15, -0.1) is 0 Å². The van der Waals surface area contributed by atoms with Gasteiger partial charge in [-0.1, -0.05) is 36.4 Å². The van der Waals surface area contributed by atoms with Crippen LogP contribution in [0.5, 0.6) is 5.75 Å². The summed E-state index contributed by atoms with van der Waals surface area (Å²) < 4.78 is 28.3. The summed E-state index contributed by atoms with van der Waals surface area (Å²) in [4.78, 5) is 11.9. The van der Waals surface area contributed by atoms with E-state index in [0.29, 0.717) is 12.2 Å². The van der Waals surface area contributed by atoms with Gasteiger partial charge in [-0.2, -0.15) is 0 Å². The predicted octanol–water partition coefficient (Wildman–Crippen LogP) is 1.52. The van der Waals surface area contributed by atoms with E-state index < -0.39 is 9.84 Å². The third-order valence-electron chi connectivity index (χ3n) is 3.71. The molecule has 1 heterocycles. The molecule has 0 radical (unpaired) electrons. The first-order chi connectivity index (χ1) is 10.5. The highest BCUT2D eigenvalue weighted by Crippen LogP contribution is 2.25. The van der Waals surface area contributed by atoms with E-state index in [2.05, 4.69) is 5.32 Å². The van der Waals surface area contributed by atoms with Gasteiger partial charge in [-0.3, -0.25) is 4.79 Å². The number of nitrogens with one attached hydrogen (secondary N) is 1. The standard InChI is InChI=1S/C16H17NO4S/c18-16(17-13-8-9-22(19,20)11-13)10-21-15-7-3-5-12-4-1-2-6-14(12)15/h1-7,13H,8-11H2,(H,17,18)/t13-/m0/s1. The Labute approximate surface area is 129 Å². The first-order valence-corrected chi connectivity index (χ1v) is 8.96. The van der Waals surface area contributed by atoms with Gasteiger partial charge in [-0.05, 0) is 17.9 Å². The Kier molecular flexibility index (Phi) is 4.02. The van der Waals surface area contributed by atoms with Crippen LogP contribution in [-0.4, -0.2) is 38.5 Å². The molecule has 1 atom stereocenters. The Balaban J connectivity index is 1.61. The normalized spacial score (nSPS) is 19.9.